The first-order valence-corrected chi connectivity index (χ1v) is 6.54. The van der Waals surface area contributed by atoms with Crippen molar-refractivity contribution in [2.45, 2.75) is 6.54 Å². The van der Waals surface area contributed by atoms with Crippen molar-refractivity contribution in [3.8, 4) is 6.07 Å². The fourth-order valence-electron chi connectivity index (χ4n) is 1.53. The molecular weight excluding hydrogens is 312 g/mol. The maximum absolute atomic E-state index is 8.75. The molecule has 1 N–H and O–H groups in total. The molecule has 2 nitrogen and oxygen atoms in total. The molecule has 0 saturated heterocycles. The SMILES string of the molecule is N#Cc1ccc(NCc2ccc(Br)cc2)c(Cl)c1. The number of rotatable bonds is 3. The molecule has 18 heavy (non-hydrogen) atoms. The Morgan fingerprint density at radius 3 is 2.50 bits per heavy atom. The zero-order valence-electron chi connectivity index (χ0n) is 9.45. The minimum absolute atomic E-state index is 0.561. The summed E-state index contributed by atoms with van der Waals surface area (Å²) in [5.74, 6) is 0. The molecule has 0 radical (unpaired) electrons. The molecule has 90 valence electrons. The van der Waals surface area contributed by atoms with E-state index in [9.17, 15) is 0 Å². The summed E-state index contributed by atoms with van der Waals surface area (Å²) in [5.41, 5.74) is 2.56. The molecule has 0 saturated carbocycles. The molecule has 0 atom stereocenters. The van der Waals surface area contributed by atoms with E-state index in [1.165, 1.54) is 5.56 Å². The number of anilines is 1. The first kappa shape index (κ1) is 12.9. The second kappa shape index (κ2) is 5.90. The molecule has 0 aliphatic rings. The molecule has 0 fully saturated rings. The number of hydrogen-bond acceptors (Lipinski definition) is 2. The van der Waals surface area contributed by atoms with Gasteiger partial charge in [-0.3, -0.25) is 0 Å². The third-order valence-corrected chi connectivity index (χ3v) is 3.34. The lowest BCUT2D eigenvalue weighted by Crippen LogP contribution is -1.99. The van der Waals surface area contributed by atoms with Gasteiger partial charge in [-0.05, 0) is 35.9 Å². The lowest BCUT2D eigenvalue weighted by Gasteiger charge is -2.08. The maximum atomic E-state index is 8.75. The average molecular weight is 322 g/mol. The Kier molecular flexibility index (Phi) is 4.24. The standard InChI is InChI=1S/C14H10BrClN2/c15-12-4-1-10(2-5-12)9-18-14-6-3-11(8-17)7-13(14)16/h1-7,18H,9H2. The van der Waals surface area contributed by atoms with Gasteiger partial charge >= 0.3 is 0 Å². The highest BCUT2D eigenvalue weighted by atomic mass is 79.9. The van der Waals surface area contributed by atoms with Crippen LogP contribution in [0.5, 0.6) is 0 Å². The number of hydrogen-bond donors (Lipinski definition) is 1. The predicted octanol–water partition coefficient (Wildman–Crippen LogP) is 4.59. The zero-order chi connectivity index (χ0) is 13.0. The molecule has 2 aromatic rings. The van der Waals surface area contributed by atoms with Crippen LogP contribution in [0.4, 0.5) is 5.69 Å². The van der Waals surface area contributed by atoms with Crippen LogP contribution in [0.1, 0.15) is 11.1 Å². The largest absolute Gasteiger partial charge is 0.380 e. The van der Waals surface area contributed by atoms with E-state index in [2.05, 4.69) is 27.3 Å². The summed E-state index contributed by atoms with van der Waals surface area (Å²) in [6.45, 7) is 0.693. The van der Waals surface area contributed by atoms with Crippen LogP contribution in [-0.4, -0.2) is 0 Å². The minimum Gasteiger partial charge on any atom is -0.380 e. The number of nitrogens with one attached hydrogen (secondary N) is 1. The van der Waals surface area contributed by atoms with E-state index in [1.807, 2.05) is 30.3 Å². The summed E-state index contributed by atoms with van der Waals surface area (Å²) in [4.78, 5) is 0. The van der Waals surface area contributed by atoms with E-state index < -0.39 is 0 Å². The molecule has 0 aliphatic carbocycles. The highest BCUT2D eigenvalue weighted by molar-refractivity contribution is 9.10. The number of nitriles is 1. The topological polar surface area (TPSA) is 35.8 Å². The van der Waals surface area contributed by atoms with Crippen LogP contribution in [0.3, 0.4) is 0 Å². The van der Waals surface area contributed by atoms with Gasteiger partial charge in [0.2, 0.25) is 0 Å². The molecule has 0 amide bonds. The van der Waals surface area contributed by atoms with Gasteiger partial charge in [0.1, 0.15) is 0 Å². The van der Waals surface area contributed by atoms with Crippen molar-refractivity contribution < 1.29 is 0 Å². The maximum Gasteiger partial charge on any atom is 0.0992 e. The van der Waals surface area contributed by atoms with E-state index in [4.69, 9.17) is 16.9 Å². The van der Waals surface area contributed by atoms with E-state index >= 15 is 0 Å². The number of halogens is 2. The van der Waals surface area contributed by atoms with Gasteiger partial charge in [0.25, 0.3) is 0 Å². The molecule has 0 aromatic heterocycles. The summed E-state index contributed by atoms with van der Waals surface area (Å²) in [5, 5.41) is 12.6. The normalized spacial score (nSPS) is 9.83. The highest BCUT2D eigenvalue weighted by Crippen LogP contribution is 2.23. The molecule has 4 heteroatoms. The lowest BCUT2D eigenvalue weighted by atomic mass is 10.2. The van der Waals surface area contributed by atoms with Crippen molar-refractivity contribution in [3.63, 3.8) is 0 Å². The molecule has 2 rings (SSSR count). The van der Waals surface area contributed by atoms with Gasteiger partial charge in [-0.25, -0.2) is 0 Å². The average Bonchev–Trinajstić information content (AvgIpc) is 2.39. The predicted molar refractivity (Wildman–Crippen MR) is 77.6 cm³/mol. The van der Waals surface area contributed by atoms with Crippen LogP contribution in [0, 0.1) is 11.3 Å². The van der Waals surface area contributed by atoms with Crippen molar-refractivity contribution in [2.24, 2.45) is 0 Å². The summed E-state index contributed by atoms with van der Waals surface area (Å²) in [6.07, 6.45) is 0. The Morgan fingerprint density at radius 2 is 1.89 bits per heavy atom. The smallest absolute Gasteiger partial charge is 0.0992 e. The zero-order valence-corrected chi connectivity index (χ0v) is 11.8. The molecule has 0 aliphatic heterocycles. The first-order valence-electron chi connectivity index (χ1n) is 5.37. The van der Waals surface area contributed by atoms with Gasteiger partial charge in [-0.2, -0.15) is 5.26 Å². The summed E-state index contributed by atoms with van der Waals surface area (Å²) < 4.78 is 1.06. The molecule has 2 aromatic carbocycles. The quantitative estimate of drug-likeness (QED) is 0.897. The third-order valence-electron chi connectivity index (χ3n) is 2.49. The van der Waals surface area contributed by atoms with Crippen molar-refractivity contribution in [3.05, 3.63) is 63.1 Å². The fourth-order valence-corrected chi connectivity index (χ4v) is 2.04. The first-order chi connectivity index (χ1) is 8.69. The van der Waals surface area contributed by atoms with E-state index in [1.54, 1.807) is 12.1 Å². The van der Waals surface area contributed by atoms with Gasteiger partial charge in [0.15, 0.2) is 0 Å². The van der Waals surface area contributed by atoms with Crippen molar-refractivity contribution in [1.29, 1.82) is 5.26 Å². The van der Waals surface area contributed by atoms with Gasteiger partial charge in [0.05, 0.1) is 22.3 Å². The van der Waals surface area contributed by atoms with Gasteiger partial charge < -0.3 is 5.32 Å². The fraction of sp³-hybridized carbons (Fsp3) is 0.0714. The van der Waals surface area contributed by atoms with Crippen LogP contribution in [0.25, 0.3) is 0 Å². The molecule has 0 heterocycles. The third kappa shape index (κ3) is 3.25. The Morgan fingerprint density at radius 1 is 1.17 bits per heavy atom. The summed E-state index contributed by atoms with van der Waals surface area (Å²) in [6, 6.07) is 15.3. The minimum atomic E-state index is 0.561. The van der Waals surface area contributed by atoms with Crippen molar-refractivity contribution >= 4 is 33.2 Å². The Bertz CT molecular complexity index is 588. The van der Waals surface area contributed by atoms with E-state index in [0.29, 0.717) is 17.1 Å². The second-order valence-electron chi connectivity index (χ2n) is 3.79. The number of benzene rings is 2. The molecule has 0 unspecified atom stereocenters. The molecular formula is C14H10BrClN2. The Labute approximate surface area is 119 Å². The monoisotopic (exact) mass is 320 g/mol. The van der Waals surface area contributed by atoms with E-state index in [0.717, 1.165) is 10.2 Å². The summed E-state index contributed by atoms with van der Waals surface area (Å²) in [7, 11) is 0. The number of nitrogens with zero attached hydrogens (tertiary/aromatic N) is 1. The van der Waals surface area contributed by atoms with Crippen LogP contribution >= 0.6 is 27.5 Å². The van der Waals surface area contributed by atoms with Crippen molar-refractivity contribution in [2.75, 3.05) is 5.32 Å². The molecule has 0 bridgehead atoms. The van der Waals surface area contributed by atoms with E-state index in [-0.39, 0.29) is 0 Å². The highest BCUT2D eigenvalue weighted by Gasteiger charge is 2.01. The van der Waals surface area contributed by atoms with Crippen LogP contribution < -0.4 is 5.32 Å². The molecule has 0 spiro atoms. The van der Waals surface area contributed by atoms with Crippen LogP contribution in [-0.2, 0) is 6.54 Å². The van der Waals surface area contributed by atoms with Gasteiger partial charge in [-0.1, -0.05) is 39.7 Å². The van der Waals surface area contributed by atoms with Crippen LogP contribution in [0.2, 0.25) is 5.02 Å². The van der Waals surface area contributed by atoms with Crippen LogP contribution in [0.15, 0.2) is 46.9 Å². The Balaban J connectivity index is 2.06. The second-order valence-corrected chi connectivity index (χ2v) is 5.11. The van der Waals surface area contributed by atoms with Gasteiger partial charge in [0, 0.05) is 11.0 Å². The lowest BCUT2D eigenvalue weighted by molar-refractivity contribution is 1.15. The van der Waals surface area contributed by atoms with Crippen molar-refractivity contribution in [1.82, 2.24) is 0 Å². The van der Waals surface area contributed by atoms with Gasteiger partial charge in [-0.15, -0.1) is 0 Å². The summed E-state index contributed by atoms with van der Waals surface area (Å²) >= 11 is 9.48. The Hall–Kier alpha value is -1.50.